The summed E-state index contributed by atoms with van der Waals surface area (Å²) in [5, 5.41) is 11.1. The number of carboxylic acid groups (broad SMARTS) is 1. The first-order valence-electron chi connectivity index (χ1n) is 6.72. The van der Waals surface area contributed by atoms with E-state index in [9.17, 15) is 9.59 Å². The monoisotopic (exact) mass is 331 g/mol. The van der Waals surface area contributed by atoms with Gasteiger partial charge in [0.25, 0.3) is 5.91 Å². The highest BCUT2D eigenvalue weighted by atomic mass is 32.2. The molecule has 1 amide bonds. The number of likely N-dealkylation sites (N-methyl/N-ethyl adjacent to an activating group) is 1. The van der Waals surface area contributed by atoms with Crippen LogP contribution in [0.25, 0.3) is 6.08 Å². The summed E-state index contributed by atoms with van der Waals surface area (Å²) in [5.74, 6) is -1.08. The maximum Gasteiger partial charge on any atom is 0.335 e. The summed E-state index contributed by atoms with van der Waals surface area (Å²) in [6.07, 6.45) is 1.88. The Kier molecular flexibility index (Phi) is 4.04. The molecule has 0 saturated heterocycles. The third-order valence-corrected chi connectivity index (χ3v) is 5.20. The molecule has 1 aliphatic rings. The zero-order chi connectivity index (χ0) is 15.7. The fourth-order valence-electron chi connectivity index (χ4n) is 2.26. The number of hydrogen-bond acceptors (Lipinski definition) is 4. The highest BCUT2D eigenvalue weighted by molar-refractivity contribution is 8.04. The summed E-state index contributed by atoms with van der Waals surface area (Å²) in [4.78, 5) is 27.9. The van der Waals surface area contributed by atoms with Crippen LogP contribution >= 0.6 is 23.1 Å². The molecule has 1 aromatic heterocycles. The molecule has 0 saturated carbocycles. The standard InChI is InChI=1S/C16H13NO3S2/c1-2-17-12-8-10(16(19)20)5-6-13(12)22-14(15(17)18)9-11-4-3-7-21-11/h3-9H,2H2,1H3,(H,19,20)/b14-9+. The predicted octanol–water partition coefficient (Wildman–Crippen LogP) is 3.95. The molecule has 0 aliphatic carbocycles. The molecule has 1 N–H and O–H groups in total. The van der Waals surface area contributed by atoms with E-state index in [0.717, 1.165) is 9.77 Å². The van der Waals surface area contributed by atoms with E-state index in [-0.39, 0.29) is 11.5 Å². The molecule has 3 rings (SSSR count). The largest absolute Gasteiger partial charge is 0.478 e. The number of carbonyl (C=O) groups excluding carboxylic acids is 1. The molecule has 1 aromatic carbocycles. The second-order valence-electron chi connectivity index (χ2n) is 4.66. The van der Waals surface area contributed by atoms with Crippen LogP contribution in [0.1, 0.15) is 22.2 Å². The van der Waals surface area contributed by atoms with Crippen LogP contribution in [0, 0.1) is 0 Å². The van der Waals surface area contributed by atoms with Gasteiger partial charge in [-0.3, -0.25) is 4.79 Å². The van der Waals surface area contributed by atoms with Crippen LogP contribution in [0.15, 0.2) is 45.5 Å². The Hall–Kier alpha value is -2.05. The second kappa shape index (κ2) is 5.98. The van der Waals surface area contributed by atoms with Crippen LogP contribution in [0.5, 0.6) is 0 Å². The van der Waals surface area contributed by atoms with Crippen molar-refractivity contribution in [3.8, 4) is 0 Å². The van der Waals surface area contributed by atoms with Gasteiger partial charge < -0.3 is 10.0 Å². The number of nitrogens with zero attached hydrogens (tertiary/aromatic N) is 1. The van der Waals surface area contributed by atoms with E-state index in [2.05, 4.69) is 0 Å². The average molecular weight is 331 g/mol. The van der Waals surface area contributed by atoms with Gasteiger partial charge in [-0.1, -0.05) is 17.8 Å². The van der Waals surface area contributed by atoms with Crippen LogP contribution < -0.4 is 4.90 Å². The molecule has 0 atom stereocenters. The number of thioether (sulfide) groups is 1. The first kappa shape index (κ1) is 14.9. The Balaban J connectivity index is 2.06. The number of rotatable bonds is 3. The molecule has 2 aromatic rings. The Morgan fingerprint density at radius 2 is 2.18 bits per heavy atom. The number of carbonyl (C=O) groups is 2. The lowest BCUT2D eigenvalue weighted by Crippen LogP contribution is -2.34. The molecule has 0 fully saturated rings. The zero-order valence-corrected chi connectivity index (χ0v) is 13.4. The van der Waals surface area contributed by atoms with Crippen LogP contribution in [0.4, 0.5) is 5.69 Å². The van der Waals surface area contributed by atoms with Crippen molar-refractivity contribution < 1.29 is 14.7 Å². The molecule has 1 aliphatic heterocycles. The molecular weight excluding hydrogens is 318 g/mol. The van der Waals surface area contributed by atoms with E-state index < -0.39 is 5.97 Å². The minimum absolute atomic E-state index is 0.0871. The highest BCUT2D eigenvalue weighted by Crippen LogP contribution is 2.42. The second-order valence-corrected chi connectivity index (χ2v) is 6.73. The number of thiophene rings is 1. The van der Waals surface area contributed by atoms with Gasteiger partial charge in [-0.05, 0) is 42.6 Å². The van der Waals surface area contributed by atoms with Gasteiger partial charge in [0.05, 0.1) is 16.2 Å². The lowest BCUT2D eigenvalue weighted by molar-refractivity contribution is -0.114. The Morgan fingerprint density at radius 3 is 2.82 bits per heavy atom. The quantitative estimate of drug-likeness (QED) is 0.865. The molecule has 22 heavy (non-hydrogen) atoms. The van der Waals surface area contributed by atoms with Crippen molar-refractivity contribution in [2.45, 2.75) is 11.8 Å². The van der Waals surface area contributed by atoms with Gasteiger partial charge in [0.2, 0.25) is 0 Å². The summed E-state index contributed by atoms with van der Waals surface area (Å²) >= 11 is 2.96. The van der Waals surface area contributed by atoms with Crippen molar-refractivity contribution in [2.75, 3.05) is 11.4 Å². The van der Waals surface area contributed by atoms with Crippen molar-refractivity contribution in [2.24, 2.45) is 0 Å². The third kappa shape index (κ3) is 2.67. The fraction of sp³-hybridized carbons (Fsp3) is 0.125. The van der Waals surface area contributed by atoms with E-state index in [1.807, 2.05) is 30.5 Å². The molecular formula is C16H13NO3S2. The number of fused-ring (bicyclic) bond motifs is 1. The zero-order valence-electron chi connectivity index (χ0n) is 11.8. The number of anilines is 1. The summed E-state index contributed by atoms with van der Waals surface area (Å²) < 4.78 is 0. The van der Waals surface area contributed by atoms with Crippen LogP contribution in [-0.2, 0) is 4.79 Å². The van der Waals surface area contributed by atoms with Crippen molar-refractivity contribution in [3.63, 3.8) is 0 Å². The molecule has 4 nitrogen and oxygen atoms in total. The molecule has 0 spiro atoms. The van der Waals surface area contributed by atoms with Crippen molar-refractivity contribution in [1.29, 1.82) is 0 Å². The van der Waals surface area contributed by atoms with E-state index in [4.69, 9.17) is 5.11 Å². The molecule has 0 radical (unpaired) electrons. The van der Waals surface area contributed by atoms with Gasteiger partial charge in [-0.15, -0.1) is 11.3 Å². The lowest BCUT2D eigenvalue weighted by Gasteiger charge is -2.29. The Bertz CT molecular complexity index is 766. The van der Waals surface area contributed by atoms with Crippen molar-refractivity contribution in [1.82, 2.24) is 0 Å². The van der Waals surface area contributed by atoms with Crippen molar-refractivity contribution in [3.05, 3.63) is 51.1 Å². The summed E-state index contributed by atoms with van der Waals surface area (Å²) in [6.45, 7) is 2.38. The fourth-order valence-corrected chi connectivity index (χ4v) is 4.02. The van der Waals surface area contributed by atoms with E-state index in [1.165, 1.54) is 11.8 Å². The minimum Gasteiger partial charge on any atom is -0.478 e. The van der Waals surface area contributed by atoms with Crippen LogP contribution in [-0.4, -0.2) is 23.5 Å². The molecule has 6 heteroatoms. The van der Waals surface area contributed by atoms with Gasteiger partial charge in [-0.2, -0.15) is 0 Å². The maximum atomic E-state index is 12.6. The van der Waals surface area contributed by atoms with E-state index in [0.29, 0.717) is 17.1 Å². The number of amides is 1. The Labute approximate surface area is 136 Å². The summed E-state index contributed by atoms with van der Waals surface area (Å²) in [5.41, 5.74) is 0.858. The Morgan fingerprint density at radius 1 is 1.36 bits per heavy atom. The van der Waals surface area contributed by atoms with Gasteiger partial charge in [-0.25, -0.2) is 4.79 Å². The predicted molar refractivity (Wildman–Crippen MR) is 89.6 cm³/mol. The topological polar surface area (TPSA) is 57.6 Å². The van der Waals surface area contributed by atoms with Gasteiger partial charge in [0.15, 0.2) is 0 Å². The minimum atomic E-state index is -0.990. The number of benzene rings is 1. The van der Waals surface area contributed by atoms with Crippen LogP contribution in [0.2, 0.25) is 0 Å². The van der Waals surface area contributed by atoms with Crippen molar-refractivity contribution >= 4 is 46.7 Å². The van der Waals surface area contributed by atoms with Gasteiger partial charge in [0.1, 0.15) is 0 Å². The molecule has 0 unspecified atom stereocenters. The summed E-state index contributed by atoms with van der Waals surface area (Å²) in [7, 11) is 0. The smallest absolute Gasteiger partial charge is 0.335 e. The first-order chi connectivity index (χ1) is 10.6. The third-order valence-electron chi connectivity index (χ3n) is 3.31. The summed E-state index contributed by atoms with van der Waals surface area (Å²) in [6, 6.07) is 8.81. The normalized spacial score (nSPS) is 16.0. The number of carboxylic acids is 1. The molecule has 2 heterocycles. The molecule has 0 bridgehead atoms. The first-order valence-corrected chi connectivity index (χ1v) is 8.42. The van der Waals surface area contributed by atoms with Crippen LogP contribution in [0.3, 0.4) is 0 Å². The lowest BCUT2D eigenvalue weighted by atomic mass is 10.1. The number of aromatic carboxylic acids is 1. The highest BCUT2D eigenvalue weighted by Gasteiger charge is 2.28. The SMILES string of the molecule is CCN1C(=O)/C(=C\c2cccs2)Sc2ccc(C(=O)O)cc21. The molecule has 112 valence electrons. The number of hydrogen-bond donors (Lipinski definition) is 1. The maximum absolute atomic E-state index is 12.6. The average Bonchev–Trinajstić information content (AvgIpc) is 3.00. The van der Waals surface area contributed by atoms with Gasteiger partial charge in [0, 0.05) is 16.3 Å². The van der Waals surface area contributed by atoms with E-state index >= 15 is 0 Å². The van der Waals surface area contributed by atoms with E-state index in [1.54, 1.807) is 34.4 Å². The van der Waals surface area contributed by atoms with Gasteiger partial charge >= 0.3 is 5.97 Å².